The van der Waals surface area contributed by atoms with Gasteiger partial charge in [0, 0.05) is 13.1 Å². The summed E-state index contributed by atoms with van der Waals surface area (Å²) in [6.45, 7) is 3.18. The van der Waals surface area contributed by atoms with Crippen LogP contribution in [0.1, 0.15) is 51.4 Å². The Morgan fingerprint density at radius 3 is 1.52 bits per heavy atom. The van der Waals surface area contributed by atoms with Gasteiger partial charge in [0.1, 0.15) is 5.92 Å². The van der Waals surface area contributed by atoms with E-state index >= 15 is 0 Å². The highest BCUT2D eigenvalue weighted by Crippen LogP contribution is 2.62. The SMILES string of the molecule is CN(C)CCCNC(=O)C(C(=O)NCCCN(C)C)C12CC3CC(CC(C3)C1)C2. The van der Waals surface area contributed by atoms with Gasteiger partial charge in [0.15, 0.2) is 0 Å². The van der Waals surface area contributed by atoms with Gasteiger partial charge in [0.2, 0.25) is 11.8 Å². The molecule has 4 fully saturated rings. The van der Waals surface area contributed by atoms with Crippen molar-refractivity contribution in [2.45, 2.75) is 51.4 Å². The Balaban J connectivity index is 1.66. The molecule has 6 nitrogen and oxygen atoms in total. The lowest BCUT2D eigenvalue weighted by molar-refractivity contribution is -0.153. The number of hydrogen-bond acceptors (Lipinski definition) is 4. The van der Waals surface area contributed by atoms with E-state index in [2.05, 4.69) is 20.4 Å². The smallest absolute Gasteiger partial charge is 0.233 e. The molecule has 0 spiro atoms. The van der Waals surface area contributed by atoms with Crippen LogP contribution < -0.4 is 10.6 Å². The van der Waals surface area contributed by atoms with Gasteiger partial charge >= 0.3 is 0 Å². The number of rotatable bonds is 11. The van der Waals surface area contributed by atoms with Gasteiger partial charge in [-0.05, 0) is 116 Å². The molecule has 2 amide bonds. The molecule has 0 saturated heterocycles. The first-order valence-electron chi connectivity index (χ1n) is 11.6. The maximum Gasteiger partial charge on any atom is 0.233 e. The van der Waals surface area contributed by atoms with Crippen molar-refractivity contribution in [2.24, 2.45) is 29.1 Å². The Kier molecular flexibility index (Phi) is 7.60. The monoisotopic (exact) mass is 406 g/mol. The zero-order valence-corrected chi connectivity index (χ0v) is 19.0. The minimum absolute atomic E-state index is 0.0317. The molecule has 0 unspecified atom stereocenters. The average Bonchev–Trinajstić information content (AvgIpc) is 2.61. The molecular weight excluding hydrogens is 364 g/mol. The summed E-state index contributed by atoms with van der Waals surface area (Å²) in [6, 6.07) is 0. The van der Waals surface area contributed by atoms with E-state index in [0.717, 1.165) is 62.9 Å². The summed E-state index contributed by atoms with van der Waals surface area (Å²) < 4.78 is 0. The van der Waals surface area contributed by atoms with E-state index in [4.69, 9.17) is 0 Å². The second-order valence-corrected chi connectivity index (χ2v) is 10.6. The molecule has 4 aliphatic rings. The average molecular weight is 407 g/mol. The fraction of sp³-hybridized carbons (Fsp3) is 0.913. The van der Waals surface area contributed by atoms with Gasteiger partial charge < -0.3 is 20.4 Å². The second kappa shape index (κ2) is 9.78. The highest BCUT2D eigenvalue weighted by atomic mass is 16.2. The predicted molar refractivity (Wildman–Crippen MR) is 116 cm³/mol. The van der Waals surface area contributed by atoms with E-state index < -0.39 is 5.92 Å². The minimum Gasteiger partial charge on any atom is -0.355 e. The summed E-state index contributed by atoms with van der Waals surface area (Å²) in [7, 11) is 8.17. The zero-order valence-electron chi connectivity index (χ0n) is 19.0. The summed E-state index contributed by atoms with van der Waals surface area (Å²) in [5.41, 5.74) is -0.105. The minimum atomic E-state index is -0.519. The van der Waals surface area contributed by atoms with Crippen LogP contribution in [0.3, 0.4) is 0 Å². The van der Waals surface area contributed by atoms with E-state index in [1.54, 1.807) is 0 Å². The Bertz CT molecular complexity index is 512. The first-order chi connectivity index (χ1) is 13.8. The van der Waals surface area contributed by atoms with E-state index in [1.807, 2.05) is 28.2 Å². The Morgan fingerprint density at radius 1 is 0.793 bits per heavy atom. The van der Waals surface area contributed by atoms with Crippen LogP contribution >= 0.6 is 0 Å². The molecule has 0 aromatic heterocycles. The normalized spacial score (nSPS) is 30.4. The fourth-order valence-electron chi connectivity index (χ4n) is 6.62. The molecule has 0 radical (unpaired) electrons. The van der Waals surface area contributed by atoms with E-state index in [1.165, 1.54) is 19.3 Å². The lowest BCUT2D eigenvalue weighted by Crippen LogP contribution is -2.57. The van der Waals surface area contributed by atoms with Crippen molar-refractivity contribution < 1.29 is 9.59 Å². The fourth-order valence-corrected chi connectivity index (χ4v) is 6.62. The maximum atomic E-state index is 13.3. The molecule has 0 aromatic rings. The number of hydrogen-bond donors (Lipinski definition) is 2. The van der Waals surface area contributed by atoms with Crippen molar-refractivity contribution in [3.63, 3.8) is 0 Å². The number of carbonyl (C=O) groups is 2. The van der Waals surface area contributed by atoms with Gasteiger partial charge in [-0.1, -0.05) is 0 Å². The van der Waals surface area contributed by atoms with Crippen LogP contribution in [0.2, 0.25) is 0 Å². The topological polar surface area (TPSA) is 64.7 Å². The van der Waals surface area contributed by atoms with E-state index in [9.17, 15) is 9.59 Å². The molecule has 0 aliphatic heterocycles. The zero-order chi connectivity index (χ0) is 21.0. The largest absolute Gasteiger partial charge is 0.355 e. The summed E-state index contributed by atoms with van der Waals surface area (Å²) in [4.78, 5) is 30.8. The number of carbonyl (C=O) groups excluding carboxylic acids is 2. The third-order valence-corrected chi connectivity index (χ3v) is 7.39. The van der Waals surface area contributed by atoms with Crippen LogP contribution in [-0.4, -0.2) is 76.0 Å². The van der Waals surface area contributed by atoms with Gasteiger partial charge in [0.05, 0.1) is 0 Å². The lowest BCUT2D eigenvalue weighted by Gasteiger charge is -2.58. The van der Waals surface area contributed by atoms with Crippen molar-refractivity contribution in [1.29, 1.82) is 0 Å². The summed E-state index contributed by atoms with van der Waals surface area (Å²) in [6.07, 6.45) is 9.00. The molecule has 6 heteroatoms. The first-order valence-corrected chi connectivity index (χ1v) is 11.6. The van der Waals surface area contributed by atoms with Crippen LogP contribution in [0.5, 0.6) is 0 Å². The Labute approximate surface area is 177 Å². The number of nitrogens with one attached hydrogen (secondary N) is 2. The van der Waals surface area contributed by atoms with Crippen molar-refractivity contribution in [3.8, 4) is 0 Å². The highest BCUT2D eigenvalue weighted by Gasteiger charge is 2.57. The molecular formula is C23H42N4O2. The van der Waals surface area contributed by atoms with E-state index in [-0.39, 0.29) is 17.2 Å². The first kappa shape index (κ1) is 22.5. The van der Waals surface area contributed by atoms with Crippen LogP contribution in [0.4, 0.5) is 0 Å². The summed E-state index contributed by atoms with van der Waals surface area (Å²) in [5, 5.41) is 6.24. The molecule has 166 valence electrons. The van der Waals surface area contributed by atoms with Crippen molar-refractivity contribution >= 4 is 11.8 Å². The predicted octanol–water partition coefficient (Wildman–Crippen LogP) is 1.95. The van der Waals surface area contributed by atoms with Gasteiger partial charge in [-0.2, -0.15) is 0 Å². The summed E-state index contributed by atoms with van der Waals surface area (Å²) >= 11 is 0. The van der Waals surface area contributed by atoms with Gasteiger partial charge in [0.25, 0.3) is 0 Å². The highest BCUT2D eigenvalue weighted by molar-refractivity contribution is 6.01. The molecule has 4 saturated carbocycles. The van der Waals surface area contributed by atoms with Gasteiger partial charge in [-0.15, -0.1) is 0 Å². The molecule has 29 heavy (non-hydrogen) atoms. The Hall–Kier alpha value is -1.14. The van der Waals surface area contributed by atoms with Crippen LogP contribution in [0.15, 0.2) is 0 Å². The van der Waals surface area contributed by atoms with Crippen LogP contribution in [0.25, 0.3) is 0 Å². The van der Waals surface area contributed by atoms with Gasteiger partial charge in [-0.3, -0.25) is 9.59 Å². The maximum absolute atomic E-state index is 13.3. The van der Waals surface area contributed by atoms with Gasteiger partial charge in [-0.25, -0.2) is 0 Å². The van der Waals surface area contributed by atoms with Crippen molar-refractivity contribution in [3.05, 3.63) is 0 Å². The lowest BCUT2D eigenvalue weighted by atomic mass is 9.46. The molecule has 4 bridgehead atoms. The number of nitrogens with zero attached hydrogens (tertiary/aromatic N) is 2. The Morgan fingerprint density at radius 2 is 1.17 bits per heavy atom. The second-order valence-electron chi connectivity index (χ2n) is 10.6. The van der Waals surface area contributed by atoms with Crippen molar-refractivity contribution in [1.82, 2.24) is 20.4 Å². The molecule has 4 rings (SSSR count). The van der Waals surface area contributed by atoms with Crippen LogP contribution in [-0.2, 0) is 9.59 Å². The third-order valence-electron chi connectivity index (χ3n) is 7.39. The van der Waals surface area contributed by atoms with E-state index in [0.29, 0.717) is 13.1 Å². The molecule has 0 aromatic carbocycles. The molecule has 0 heterocycles. The standard InChI is InChI=1S/C23H42N4O2/c1-26(2)9-5-7-24-21(28)20(22(29)25-8-6-10-27(3)4)23-14-17-11-18(15-23)13-19(12-17)16-23/h17-20H,5-16H2,1-4H3,(H,24,28)(H,25,29). The molecule has 0 atom stereocenters. The quantitative estimate of drug-likeness (QED) is 0.407. The molecule has 4 aliphatic carbocycles. The third kappa shape index (κ3) is 5.72. The molecule has 2 N–H and O–H groups in total. The number of amides is 2. The van der Waals surface area contributed by atoms with Crippen molar-refractivity contribution in [2.75, 3.05) is 54.4 Å². The summed E-state index contributed by atoms with van der Waals surface area (Å²) in [5.74, 6) is 1.60. The van der Waals surface area contributed by atoms with Crippen LogP contribution in [0, 0.1) is 29.1 Å².